The topological polar surface area (TPSA) is 59.5 Å². The Kier molecular flexibility index (Phi) is 2.07. The van der Waals surface area contributed by atoms with Crippen molar-refractivity contribution in [2.24, 2.45) is 0 Å². The van der Waals surface area contributed by atoms with E-state index in [0.717, 1.165) is 18.7 Å². The predicted molar refractivity (Wildman–Crippen MR) is 62.3 cm³/mol. The Morgan fingerprint density at radius 1 is 1.50 bits per heavy atom. The highest BCUT2D eigenvalue weighted by molar-refractivity contribution is 5.53. The number of likely N-dealkylation sites (N-methyl/N-ethyl adjacent to an activating group) is 1. The molecule has 1 unspecified atom stereocenters. The van der Waals surface area contributed by atoms with E-state index < -0.39 is 0 Å². The number of hydrogen-bond donors (Lipinski definition) is 1. The van der Waals surface area contributed by atoms with Crippen LogP contribution in [-0.2, 0) is 0 Å². The highest BCUT2D eigenvalue weighted by atomic mass is 15.3. The van der Waals surface area contributed by atoms with Crippen LogP contribution >= 0.6 is 0 Å². The molecular weight excluding hydrogens is 202 g/mol. The molecule has 16 heavy (non-hydrogen) atoms. The quantitative estimate of drug-likeness (QED) is 0.765. The van der Waals surface area contributed by atoms with Crippen LogP contribution in [0.4, 0.5) is 5.82 Å². The zero-order chi connectivity index (χ0) is 11.1. The standard InChI is InChI=1S/C11H15N5/c1-15-5-3-8(7-15)9-6-14-16-10(12)2-4-13-11(9)16/h2,4,6,8H,3,5,7,12H2,1H3. The summed E-state index contributed by atoms with van der Waals surface area (Å²) in [6.45, 7) is 2.22. The lowest BCUT2D eigenvalue weighted by atomic mass is 10.0. The monoisotopic (exact) mass is 217 g/mol. The van der Waals surface area contributed by atoms with E-state index >= 15 is 0 Å². The van der Waals surface area contributed by atoms with E-state index in [1.54, 1.807) is 16.8 Å². The Morgan fingerprint density at radius 2 is 2.38 bits per heavy atom. The van der Waals surface area contributed by atoms with Gasteiger partial charge >= 0.3 is 0 Å². The summed E-state index contributed by atoms with van der Waals surface area (Å²) in [5.41, 5.74) is 7.97. The molecule has 3 rings (SSSR count). The Hall–Kier alpha value is -1.62. The number of likely N-dealkylation sites (tertiary alicyclic amines) is 1. The fraction of sp³-hybridized carbons (Fsp3) is 0.455. The van der Waals surface area contributed by atoms with Crippen LogP contribution < -0.4 is 5.73 Å². The van der Waals surface area contributed by atoms with Gasteiger partial charge < -0.3 is 10.6 Å². The summed E-state index contributed by atoms with van der Waals surface area (Å²) < 4.78 is 1.72. The minimum atomic E-state index is 0.539. The van der Waals surface area contributed by atoms with Crippen molar-refractivity contribution in [1.29, 1.82) is 0 Å². The Labute approximate surface area is 93.9 Å². The second kappa shape index (κ2) is 3.45. The van der Waals surface area contributed by atoms with Crippen molar-refractivity contribution in [3.05, 3.63) is 24.0 Å². The molecule has 5 nitrogen and oxygen atoms in total. The van der Waals surface area contributed by atoms with E-state index in [4.69, 9.17) is 5.73 Å². The van der Waals surface area contributed by atoms with Gasteiger partial charge in [-0.05, 0) is 26.1 Å². The largest absolute Gasteiger partial charge is 0.384 e. The zero-order valence-electron chi connectivity index (χ0n) is 9.30. The molecule has 3 heterocycles. The molecule has 1 aliphatic rings. The molecule has 0 radical (unpaired) electrons. The van der Waals surface area contributed by atoms with E-state index in [9.17, 15) is 0 Å². The first-order valence-corrected chi connectivity index (χ1v) is 5.52. The summed E-state index contributed by atoms with van der Waals surface area (Å²) in [6.07, 6.45) is 4.82. The molecule has 5 heteroatoms. The molecule has 1 fully saturated rings. The van der Waals surface area contributed by atoms with E-state index in [-0.39, 0.29) is 0 Å². The molecule has 2 aromatic rings. The third-order valence-corrected chi connectivity index (χ3v) is 3.29. The van der Waals surface area contributed by atoms with Crippen LogP contribution in [0.3, 0.4) is 0 Å². The number of nitrogens with two attached hydrogens (primary N) is 1. The second-order valence-electron chi connectivity index (χ2n) is 4.45. The van der Waals surface area contributed by atoms with E-state index in [1.807, 2.05) is 6.20 Å². The van der Waals surface area contributed by atoms with Crippen molar-refractivity contribution in [2.75, 3.05) is 25.9 Å². The Bertz CT molecular complexity index is 518. The normalized spacial score (nSPS) is 21.9. The first-order valence-electron chi connectivity index (χ1n) is 5.52. The number of nitrogen functional groups attached to an aromatic ring is 1. The molecule has 2 aromatic heterocycles. The maximum absolute atomic E-state index is 5.85. The summed E-state index contributed by atoms with van der Waals surface area (Å²) in [5, 5.41) is 4.30. The summed E-state index contributed by atoms with van der Waals surface area (Å²) in [7, 11) is 2.15. The first kappa shape index (κ1) is 9.59. The maximum Gasteiger partial charge on any atom is 0.160 e. The minimum absolute atomic E-state index is 0.539. The van der Waals surface area contributed by atoms with Crippen molar-refractivity contribution in [2.45, 2.75) is 12.3 Å². The highest BCUT2D eigenvalue weighted by Gasteiger charge is 2.24. The summed E-state index contributed by atoms with van der Waals surface area (Å²) >= 11 is 0. The smallest absolute Gasteiger partial charge is 0.160 e. The van der Waals surface area contributed by atoms with Gasteiger partial charge in [-0.1, -0.05) is 0 Å². The van der Waals surface area contributed by atoms with E-state index in [1.165, 1.54) is 12.0 Å². The van der Waals surface area contributed by atoms with Gasteiger partial charge in [0.25, 0.3) is 0 Å². The average molecular weight is 217 g/mol. The van der Waals surface area contributed by atoms with Gasteiger partial charge in [0.1, 0.15) is 5.82 Å². The van der Waals surface area contributed by atoms with Crippen LogP contribution in [0.15, 0.2) is 18.5 Å². The predicted octanol–water partition coefficient (Wildman–Crippen LogP) is 0.731. The van der Waals surface area contributed by atoms with Crippen molar-refractivity contribution in [1.82, 2.24) is 19.5 Å². The van der Waals surface area contributed by atoms with Crippen molar-refractivity contribution in [3.8, 4) is 0 Å². The zero-order valence-corrected chi connectivity index (χ0v) is 9.30. The van der Waals surface area contributed by atoms with Gasteiger partial charge in [-0.2, -0.15) is 9.61 Å². The number of aromatic nitrogens is 3. The summed E-state index contributed by atoms with van der Waals surface area (Å²) in [4.78, 5) is 6.71. The number of nitrogens with zero attached hydrogens (tertiary/aromatic N) is 4. The van der Waals surface area contributed by atoms with Gasteiger partial charge in [-0.25, -0.2) is 4.98 Å². The molecule has 0 bridgehead atoms. The Balaban J connectivity index is 2.08. The fourth-order valence-electron chi connectivity index (χ4n) is 2.40. The number of anilines is 1. The highest BCUT2D eigenvalue weighted by Crippen LogP contribution is 2.28. The first-order chi connectivity index (χ1) is 7.75. The van der Waals surface area contributed by atoms with Crippen molar-refractivity contribution < 1.29 is 0 Å². The van der Waals surface area contributed by atoms with Crippen LogP contribution in [0.1, 0.15) is 17.9 Å². The molecule has 2 N–H and O–H groups in total. The lowest BCUT2D eigenvalue weighted by Crippen LogP contribution is -2.13. The second-order valence-corrected chi connectivity index (χ2v) is 4.45. The molecule has 1 aliphatic heterocycles. The van der Waals surface area contributed by atoms with Crippen LogP contribution in [0.25, 0.3) is 5.65 Å². The number of hydrogen-bond acceptors (Lipinski definition) is 4. The van der Waals surface area contributed by atoms with Crippen LogP contribution in [0.5, 0.6) is 0 Å². The molecule has 1 saturated heterocycles. The van der Waals surface area contributed by atoms with Crippen LogP contribution in [0, 0.1) is 0 Å². The molecule has 1 atom stereocenters. The molecule has 0 spiro atoms. The maximum atomic E-state index is 5.85. The van der Waals surface area contributed by atoms with Gasteiger partial charge in [0.05, 0.1) is 6.20 Å². The molecule has 84 valence electrons. The molecule has 0 saturated carbocycles. The molecule has 0 aromatic carbocycles. The van der Waals surface area contributed by atoms with Crippen LogP contribution in [-0.4, -0.2) is 39.6 Å². The van der Waals surface area contributed by atoms with E-state index in [2.05, 4.69) is 22.0 Å². The lowest BCUT2D eigenvalue weighted by Gasteiger charge is -2.08. The Morgan fingerprint density at radius 3 is 3.12 bits per heavy atom. The average Bonchev–Trinajstić information content (AvgIpc) is 2.84. The van der Waals surface area contributed by atoms with Gasteiger partial charge in [-0.3, -0.25) is 0 Å². The third kappa shape index (κ3) is 1.36. The van der Waals surface area contributed by atoms with Gasteiger partial charge in [0, 0.05) is 24.2 Å². The molecule has 0 aliphatic carbocycles. The van der Waals surface area contributed by atoms with Crippen molar-refractivity contribution >= 4 is 11.5 Å². The van der Waals surface area contributed by atoms with Gasteiger partial charge in [0.2, 0.25) is 0 Å². The van der Waals surface area contributed by atoms with Crippen LogP contribution in [0.2, 0.25) is 0 Å². The number of rotatable bonds is 1. The van der Waals surface area contributed by atoms with Gasteiger partial charge in [-0.15, -0.1) is 0 Å². The van der Waals surface area contributed by atoms with Crippen molar-refractivity contribution in [3.63, 3.8) is 0 Å². The summed E-state index contributed by atoms with van der Waals surface area (Å²) in [6, 6.07) is 1.77. The van der Waals surface area contributed by atoms with Gasteiger partial charge in [0.15, 0.2) is 5.65 Å². The minimum Gasteiger partial charge on any atom is -0.384 e. The SMILES string of the molecule is CN1CCC(c2cnn3c(N)ccnc23)C1. The molecule has 0 amide bonds. The van der Waals surface area contributed by atoms with E-state index in [0.29, 0.717) is 11.7 Å². The lowest BCUT2D eigenvalue weighted by molar-refractivity contribution is 0.412. The summed E-state index contributed by atoms with van der Waals surface area (Å²) in [5.74, 6) is 1.18. The number of fused-ring (bicyclic) bond motifs is 1. The fourth-order valence-corrected chi connectivity index (χ4v) is 2.40. The molecular formula is C11H15N5. The third-order valence-electron chi connectivity index (χ3n) is 3.29.